The molecule has 1 aromatic carbocycles. The Morgan fingerprint density at radius 1 is 1.10 bits per heavy atom. The predicted molar refractivity (Wildman–Crippen MR) is 88.1 cm³/mol. The summed E-state index contributed by atoms with van der Waals surface area (Å²) in [7, 11) is 0. The second-order valence-electron chi connectivity index (χ2n) is 5.00. The van der Waals surface area contributed by atoms with Gasteiger partial charge in [0.1, 0.15) is 11.5 Å². The van der Waals surface area contributed by atoms with Crippen LogP contribution in [-0.4, -0.2) is 30.8 Å². The monoisotopic (exact) mass is 352 g/mol. The van der Waals surface area contributed by atoms with Crippen LogP contribution in [0.2, 0.25) is 0 Å². The highest BCUT2D eigenvalue weighted by molar-refractivity contribution is 9.10. The summed E-state index contributed by atoms with van der Waals surface area (Å²) in [5, 5.41) is 15.6. The Hall–Kier alpha value is -1.14. The van der Waals surface area contributed by atoms with Crippen molar-refractivity contribution in [1.29, 1.82) is 0 Å². The van der Waals surface area contributed by atoms with E-state index in [1.807, 2.05) is 36.4 Å². The Balaban J connectivity index is 1.74. The standard InChI is InChI=1S/C16H21BrN2O2/c1-12(20)10-18-8-9-19-11-15-6-7-16(21-15)13-2-4-14(17)5-3-13/h2-7,12,18-20H,8-11H2,1H3/t12-/m0/s1. The molecule has 0 saturated heterocycles. The molecule has 5 heteroatoms. The fraction of sp³-hybridized carbons (Fsp3) is 0.375. The van der Waals surface area contributed by atoms with Gasteiger partial charge < -0.3 is 20.2 Å². The van der Waals surface area contributed by atoms with E-state index in [4.69, 9.17) is 9.52 Å². The molecule has 0 aliphatic heterocycles. The zero-order chi connectivity index (χ0) is 15.1. The Morgan fingerprint density at radius 2 is 1.81 bits per heavy atom. The minimum Gasteiger partial charge on any atom is -0.460 e. The van der Waals surface area contributed by atoms with Gasteiger partial charge in [0, 0.05) is 29.7 Å². The average Bonchev–Trinajstić information content (AvgIpc) is 2.92. The maximum absolute atomic E-state index is 9.11. The van der Waals surface area contributed by atoms with Crippen LogP contribution in [0, 0.1) is 0 Å². The number of hydrogen-bond acceptors (Lipinski definition) is 4. The summed E-state index contributed by atoms with van der Waals surface area (Å²) in [5.74, 6) is 1.80. The van der Waals surface area contributed by atoms with Crippen molar-refractivity contribution in [2.45, 2.75) is 19.6 Å². The van der Waals surface area contributed by atoms with Gasteiger partial charge in [0.05, 0.1) is 12.6 Å². The quantitative estimate of drug-likeness (QED) is 0.639. The van der Waals surface area contributed by atoms with Crippen LogP contribution in [0.5, 0.6) is 0 Å². The molecule has 0 aliphatic rings. The number of hydrogen-bond donors (Lipinski definition) is 3. The highest BCUT2D eigenvalue weighted by Gasteiger charge is 2.04. The number of benzene rings is 1. The first-order valence-electron chi connectivity index (χ1n) is 7.09. The average molecular weight is 353 g/mol. The molecule has 1 aromatic heterocycles. The lowest BCUT2D eigenvalue weighted by Gasteiger charge is -2.07. The van der Waals surface area contributed by atoms with E-state index in [0.29, 0.717) is 13.1 Å². The predicted octanol–water partition coefficient (Wildman–Crippen LogP) is 2.77. The molecule has 1 heterocycles. The minimum absolute atomic E-state index is 0.302. The molecule has 3 N–H and O–H groups in total. The van der Waals surface area contributed by atoms with Crippen LogP contribution in [0.3, 0.4) is 0 Å². The normalized spacial score (nSPS) is 12.5. The lowest BCUT2D eigenvalue weighted by atomic mass is 10.2. The van der Waals surface area contributed by atoms with Crippen molar-refractivity contribution in [3.05, 3.63) is 46.6 Å². The number of halogens is 1. The molecule has 4 nitrogen and oxygen atoms in total. The van der Waals surface area contributed by atoms with Crippen molar-refractivity contribution >= 4 is 15.9 Å². The SMILES string of the molecule is C[C@H](O)CNCCNCc1ccc(-c2ccc(Br)cc2)o1. The second kappa shape index (κ2) is 8.34. The summed E-state index contributed by atoms with van der Waals surface area (Å²) in [6.07, 6.45) is -0.302. The molecule has 2 aromatic rings. The van der Waals surface area contributed by atoms with Crippen LogP contribution in [0.1, 0.15) is 12.7 Å². The Morgan fingerprint density at radius 3 is 2.52 bits per heavy atom. The van der Waals surface area contributed by atoms with Crippen LogP contribution >= 0.6 is 15.9 Å². The van der Waals surface area contributed by atoms with E-state index in [1.165, 1.54) is 0 Å². The highest BCUT2D eigenvalue weighted by atomic mass is 79.9. The third-order valence-electron chi connectivity index (χ3n) is 3.01. The molecule has 0 saturated carbocycles. The summed E-state index contributed by atoms with van der Waals surface area (Å²) in [6, 6.07) is 12.0. The van der Waals surface area contributed by atoms with Gasteiger partial charge in [-0.3, -0.25) is 0 Å². The first kappa shape index (κ1) is 16.2. The maximum atomic E-state index is 9.11. The third kappa shape index (κ3) is 5.63. The highest BCUT2D eigenvalue weighted by Crippen LogP contribution is 2.23. The van der Waals surface area contributed by atoms with E-state index in [0.717, 1.165) is 34.6 Å². The number of rotatable bonds is 8. The van der Waals surface area contributed by atoms with Crippen LogP contribution in [0.4, 0.5) is 0 Å². The van der Waals surface area contributed by atoms with Gasteiger partial charge in [0.15, 0.2) is 0 Å². The lowest BCUT2D eigenvalue weighted by Crippen LogP contribution is -2.31. The van der Waals surface area contributed by atoms with E-state index in [2.05, 4.69) is 26.6 Å². The Bertz CT molecular complexity index is 537. The molecular weight excluding hydrogens is 332 g/mol. The fourth-order valence-electron chi connectivity index (χ4n) is 1.94. The topological polar surface area (TPSA) is 57.4 Å². The van der Waals surface area contributed by atoms with E-state index in [9.17, 15) is 0 Å². The van der Waals surface area contributed by atoms with Gasteiger partial charge in [-0.05, 0) is 31.2 Å². The number of aliphatic hydroxyl groups is 1. The number of nitrogens with one attached hydrogen (secondary N) is 2. The third-order valence-corrected chi connectivity index (χ3v) is 3.54. The van der Waals surface area contributed by atoms with Gasteiger partial charge >= 0.3 is 0 Å². The van der Waals surface area contributed by atoms with E-state index >= 15 is 0 Å². The summed E-state index contributed by atoms with van der Waals surface area (Å²) < 4.78 is 6.88. The van der Waals surface area contributed by atoms with Gasteiger partial charge in [-0.2, -0.15) is 0 Å². The van der Waals surface area contributed by atoms with Crippen LogP contribution in [-0.2, 0) is 6.54 Å². The summed E-state index contributed by atoms with van der Waals surface area (Å²) in [6.45, 7) is 4.75. The van der Waals surface area contributed by atoms with Gasteiger partial charge in [-0.1, -0.05) is 28.1 Å². The van der Waals surface area contributed by atoms with Crippen molar-refractivity contribution < 1.29 is 9.52 Å². The fourth-order valence-corrected chi connectivity index (χ4v) is 2.21. The zero-order valence-electron chi connectivity index (χ0n) is 12.1. The molecule has 114 valence electrons. The van der Waals surface area contributed by atoms with Gasteiger partial charge in [0.25, 0.3) is 0 Å². The van der Waals surface area contributed by atoms with Crippen LogP contribution in [0.15, 0.2) is 45.3 Å². The van der Waals surface area contributed by atoms with Crippen LogP contribution < -0.4 is 10.6 Å². The largest absolute Gasteiger partial charge is 0.460 e. The Labute approximate surface area is 133 Å². The molecule has 0 bridgehead atoms. The Kier molecular flexibility index (Phi) is 6.45. The lowest BCUT2D eigenvalue weighted by molar-refractivity contribution is 0.191. The first-order valence-corrected chi connectivity index (χ1v) is 7.88. The van der Waals surface area contributed by atoms with Gasteiger partial charge in [-0.25, -0.2) is 0 Å². The van der Waals surface area contributed by atoms with Crippen molar-refractivity contribution in [3.8, 4) is 11.3 Å². The molecule has 0 radical (unpaired) electrons. The van der Waals surface area contributed by atoms with Crippen molar-refractivity contribution in [3.63, 3.8) is 0 Å². The molecule has 2 rings (SSSR count). The molecule has 0 spiro atoms. The molecule has 1 atom stereocenters. The first-order chi connectivity index (χ1) is 10.1. The maximum Gasteiger partial charge on any atom is 0.134 e. The molecular formula is C16H21BrN2O2. The summed E-state index contributed by atoms with van der Waals surface area (Å²) in [4.78, 5) is 0. The minimum atomic E-state index is -0.302. The second-order valence-corrected chi connectivity index (χ2v) is 5.92. The van der Waals surface area contributed by atoms with E-state index < -0.39 is 0 Å². The van der Waals surface area contributed by atoms with Gasteiger partial charge in [-0.15, -0.1) is 0 Å². The smallest absolute Gasteiger partial charge is 0.134 e. The molecule has 0 aliphatic carbocycles. The summed E-state index contributed by atoms with van der Waals surface area (Å²) >= 11 is 3.42. The number of aliphatic hydroxyl groups excluding tert-OH is 1. The molecule has 0 amide bonds. The molecule has 0 unspecified atom stereocenters. The van der Waals surface area contributed by atoms with Crippen molar-refractivity contribution in [1.82, 2.24) is 10.6 Å². The molecule has 21 heavy (non-hydrogen) atoms. The van der Waals surface area contributed by atoms with E-state index in [-0.39, 0.29) is 6.10 Å². The van der Waals surface area contributed by atoms with Crippen LogP contribution in [0.25, 0.3) is 11.3 Å². The number of furan rings is 1. The van der Waals surface area contributed by atoms with Crippen molar-refractivity contribution in [2.75, 3.05) is 19.6 Å². The van der Waals surface area contributed by atoms with E-state index in [1.54, 1.807) is 6.92 Å². The van der Waals surface area contributed by atoms with Gasteiger partial charge in [0.2, 0.25) is 0 Å². The van der Waals surface area contributed by atoms with Crippen molar-refractivity contribution in [2.24, 2.45) is 0 Å². The summed E-state index contributed by atoms with van der Waals surface area (Å²) in [5.41, 5.74) is 1.07. The molecule has 0 fully saturated rings. The zero-order valence-corrected chi connectivity index (χ0v) is 13.7.